The molecule has 5 heteroatoms. The fourth-order valence-electron chi connectivity index (χ4n) is 2.18. The van der Waals surface area contributed by atoms with Gasteiger partial charge in [0.15, 0.2) is 0 Å². The first kappa shape index (κ1) is 11.5. The molecule has 1 atom stereocenters. The van der Waals surface area contributed by atoms with Crippen LogP contribution in [0.2, 0.25) is 0 Å². The lowest BCUT2D eigenvalue weighted by Crippen LogP contribution is -2.38. The Bertz CT molecular complexity index is 326. The molecule has 1 saturated heterocycles. The molecule has 2 heterocycles. The molecule has 1 N–H and O–H groups in total. The molecule has 0 aromatic carbocycles. The van der Waals surface area contributed by atoms with Crippen molar-refractivity contribution in [1.82, 2.24) is 19.7 Å². The lowest BCUT2D eigenvalue weighted by atomic mass is 10.1. The van der Waals surface area contributed by atoms with E-state index < -0.39 is 0 Å². The molecule has 1 aromatic rings. The molecule has 1 aliphatic heterocycles. The van der Waals surface area contributed by atoms with Crippen molar-refractivity contribution in [2.75, 3.05) is 13.1 Å². The van der Waals surface area contributed by atoms with Crippen LogP contribution in [0.1, 0.15) is 32.0 Å². The Kier molecular flexibility index (Phi) is 3.90. The minimum Gasteiger partial charge on any atom is -0.392 e. The number of aryl methyl sites for hydroxylation is 1. The first-order valence-corrected chi connectivity index (χ1v) is 6.06. The van der Waals surface area contributed by atoms with Gasteiger partial charge in [0.1, 0.15) is 12.2 Å². The zero-order valence-electron chi connectivity index (χ0n) is 9.84. The molecule has 1 aromatic heterocycles. The number of aliphatic hydroxyl groups excluding tert-OH is 1. The fraction of sp³-hybridized carbons (Fsp3) is 0.818. The zero-order chi connectivity index (χ0) is 11.4. The number of β-amino-alcohol motifs (C(OH)–C–C–N with tert-alkyl or cyclic N) is 1. The SMILES string of the molecule is CCCn1ncnc1CN1CCC[C@H](O)C1. The van der Waals surface area contributed by atoms with Crippen LogP contribution in [-0.2, 0) is 13.1 Å². The predicted octanol–water partition coefficient (Wildman–Crippen LogP) is 0.645. The van der Waals surface area contributed by atoms with Gasteiger partial charge in [-0.2, -0.15) is 5.10 Å². The molecule has 0 bridgehead atoms. The summed E-state index contributed by atoms with van der Waals surface area (Å²) < 4.78 is 1.96. The molecular weight excluding hydrogens is 204 g/mol. The van der Waals surface area contributed by atoms with Crippen molar-refractivity contribution in [3.63, 3.8) is 0 Å². The second kappa shape index (κ2) is 5.41. The average molecular weight is 224 g/mol. The summed E-state index contributed by atoms with van der Waals surface area (Å²) in [5, 5.41) is 13.8. The number of piperidine rings is 1. The largest absolute Gasteiger partial charge is 0.392 e. The molecule has 1 fully saturated rings. The lowest BCUT2D eigenvalue weighted by molar-refractivity contribution is 0.0647. The molecular formula is C11H20N4O. The van der Waals surface area contributed by atoms with Gasteiger partial charge in [-0.25, -0.2) is 9.67 Å². The first-order chi connectivity index (χ1) is 7.79. The van der Waals surface area contributed by atoms with Gasteiger partial charge in [0.2, 0.25) is 0 Å². The van der Waals surface area contributed by atoms with Gasteiger partial charge < -0.3 is 5.11 Å². The van der Waals surface area contributed by atoms with Crippen LogP contribution in [0, 0.1) is 0 Å². The van der Waals surface area contributed by atoms with E-state index in [4.69, 9.17) is 0 Å². The highest BCUT2D eigenvalue weighted by Crippen LogP contribution is 2.12. The maximum absolute atomic E-state index is 9.60. The van der Waals surface area contributed by atoms with Crippen molar-refractivity contribution in [1.29, 1.82) is 0 Å². The molecule has 0 aliphatic carbocycles. The minimum atomic E-state index is -0.170. The summed E-state index contributed by atoms with van der Waals surface area (Å²) >= 11 is 0. The Labute approximate surface area is 96.1 Å². The van der Waals surface area contributed by atoms with Gasteiger partial charge in [0.05, 0.1) is 12.6 Å². The molecule has 0 unspecified atom stereocenters. The molecule has 1 aliphatic rings. The van der Waals surface area contributed by atoms with Crippen LogP contribution in [0.25, 0.3) is 0 Å². The van der Waals surface area contributed by atoms with E-state index in [1.807, 2.05) is 4.68 Å². The number of rotatable bonds is 4. The van der Waals surface area contributed by atoms with Crippen LogP contribution in [0.15, 0.2) is 6.33 Å². The van der Waals surface area contributed by atoms with Gasteiger partial charge >= 0.3 is 0 Å². The molecule has 90 valence electrons. The summed E-state index contributed by atoms with van der Waals surface area (Å²) in [6, 6.07) is 0. The second-order valence-corrected chi connectivity index (χ2v) is 4.43. The average Bonchev–Trinajstić information content (AvgIpc) is 2.66. The summed E-state index contributed by atoms with van der Waals surface area (Å²) in [6.07, 6.45) is 4.52. The van der Waals surface area contributed by atoms with E-state index in [0.29, 0.717) is 0 Å². The van der Waals surface area contributed by atoms with Gasteiger partial charge in [-0.15, -0.1) is 0 Å². The summed E-state index contributed by atoms with van der Waals surface area (Å²) in [6.45, 7) is 5.67. The highest BCUT2D eigenvalue weighted by Gasteiger charge is 2.19. The van der Waals surface area contributed by atoms with Crippen LogP contribution in [0.3, 0.4) is 0 Å². The van der Waals surface area contributed by atoms with Crippen LogP contribution < -0.4 is 0 Å². The smallest absolute Gasteiger partial charge is 0.141 e. The van der Waals surface area contributed by atoms with Crippen molar-refractivity contribution in [3.8, 4) is 0 Å². The Morgan fingerprint density at radius 2 is 2.44 bits per heavy atom. The quantitative estimate of drug-likeness (QED) is 0.815. The van der Waals surface area contributed by atoms with Gasteiger partial charge in [-0.1, -0.05) is 6.92 Å². The third-order valence-electron chi connectivity index (χ3n) is 2.98. The monoisotopic (exact) mass is 224 g/mol. The van der Waals surface area contributed by atoms with Gasteiger partial charge in [-0.3, -0.25) is 4.90 Å². The van der Waals surface area contributed by atoms with Crippen LogP contribution >= 0.6 is 0 Å². The molecule has 0 spiro atoms. The van der Waals surface area contributed by atoms with Gasteiger partial charge in [-0.05, 0) is 25.8 Å². The number of hydrogen-bond acceptors (Lipinski definition) is 4. The molecule has 16 heavy (non-hydrogen) atoms. The van der Waals surface area contributed by atoms with E-state index in [-0.39, 0.29) is 6.10 Å². The minimum absolute atomic E-state index is 0.170. The highest BCUT2D eigenvalue weighted by atomic mass is 16.3. The van der Waals surface area contributed by atoms with Crippen molar-refractivity contribution in [2.24, 2.45) is 0 Å². The lowest BCUT2D eigenvalue weighted by Gasteiger charge is -2.29. The van der Waals surface area contributed by atoms with Crippen molar-refractivity contribution in [3.05, 3.63) is 12.2 Å². The Balaban J connectivity index is 1.94. The van der Waals surface area contributed by atoms with Crippen LogP contribution in [0.4, 0.5) is 0 Å². The van der Waals surface area contributed by atoms with Crippen LogP contribution in [-0.4, -0.2) is 44.0 Å². The fourth-order valence-corrected chi connectivity index (χ4v) is 2.18. The Hall–Kier alpha value is -0.940. The summed E-state index contributed by atoms with van der Waals surface area (Å²) in [5.41, 5.74) is 0. The third-order valence-corrected chi connectivity index (χ3v) is 2.98. The van der Waals surface area contributed by atoms with E-state index in [2.05, 4.69) is 21.9 Å². The molecule has 0 saturated carbocycles. The van der Waals surface area contributed by atoms with E-state index >= 15 is 0 Å². The standard InChI is InChI=1S/C11H20N4O/c1-2-5-15-11(12-9-13-15)8-14-6-3-4-10(16)7-14/h9-10,16H,2-8H2,1H3/t10-/m0/s1. The number of nitrogens with zero attached hydrogens (tertiary/aromatic N) is 4. The molecule has 2 rings (SSSR count). The topological polar surface area (TPSA) is 54.2 Å². The van der Waals surface area contributed by atoms with Gasteiger partial charge in [0.25, 0.3) is 0 Å². The summed E-state index contributed by atoms with van der Waals surface area (Å²) in [5.74, 6) is 1.01. The Morgan fingerprint density at radius 3 is 3.19 bits per heavy atom. The molecule has 0 amide bonds. The summed E-state index contributed by atoms with van der Waals surface area (Å²) in [4.78, 5) is 6.54. The maximum atomic E-state index is 9.60. The van der Waals surface area contributed by atoms with Crippen molar-refractivity contribution in [2.45, 2.75) is 45.4 Å². The van der Waals surface area contributed by atoms with Crippen LogP contribution in [0.5, 0.6) is 0 Å². The van der Waals surface area contributed by atoms with E-state index in [9.17, 15) is 5.11 Å². The van der Waals surface area contributed by atoms with Crippen molar-refractivity contribution < 1.29 is 5.11 Å². The van der Waals surface area contributed by atoms with E-state index in [1.165, 1.54) is 0 Å². The van der Waals surface area contributed by atoms with E-state index in [1.54, 1.807) is 6.33 Å². The number of hydrogen-bond donors (Lipinski definition) is 1. The third kappa shape index (κ3) is 2.80. The maximum Gasteiger partial charge on any atom is 0.141 e. The predicted molar refractivity (Wildman–Crippen MR) is 60.8 cm³/mol. The number of likely N-dealkylation sites (tertiary alicyclic amines) is 1. The molecule has 5 nitrogen and oxygen atoms in total. The second-order valence-electron chi connectivity index (χ2n) is 4.43. The zero-order valence-corrected chi connectivity index (χ0v) is 9.84. The normalized spacial score (nSPS) is 22.5. The van der Waals surface area contributed by atoms with Crippen molar-refractivity contribution >= 4 is 0 Å². The first-order valence-electron chi connectivity index (χ1n) is 6.06. The van der Waals surface area contributed by atoms with Gasteiger partial charge in [0, 0.05) is 13.1 Å². The molecule has 0 radical (unpaired) electrons. The highest BCUT2D eigenvalue weighted by molar-refractivity contribution is 4.86. The summed E-state index contributed by atoms with van der Waals surface area (Å²) in [7, 11) is 0. The Morgan fingerprint density at radius 1 is 1.56 bits per heavy atom. The number of aliphatic hydroxyl groups is 1. The van der Waals surface area contributed by atoms with E-state index in [0.717, 1.165) is 51.3 Å². The number of aromatic nitrogens is 3.